The van der Waals surface area contributed by atoms with Crippen molar-refractivity contribution >= 4 is 28.2 Å². The molecule has 1 N–H and O–H groups in total. The molecule has 1 fully saturated rings. The summed E-state index contributed by atoms with van der Waals surface area (Å²) in [5.74, 6) is 0. The Balaban J connectivity index is 1.60. The van der Waals surface area contributed by atoms with Crippen molar-refractivity contribution in [2.45, 2.75) is 38.3 Å². The van der Waals surface area contributed by atoms with Gasteiger partial charge < -0.3 is 5.32 Å². The van der Waals surface area contributed by atoms with Crippen molar-refractivity contribution < 1.29 is 0 Å². The molecule has 1 aromatic carbocycles. The number of anilines is 1. The summed E-state index contributed by atoms with van der Waals surface area (Å²) in [6.07, 6.45) is 8.64. The van der Waals surface area contributed by atoms with Gasteiger partial charge in [-0.3, -0.25) is 9.67 Å². The van der Waals surface area contributed by atoms with Gasteiger partial charge in [-0.15, -0.1) is 0 Å². The van der Waals surface area contributed by atoms with Crippen molar-refractivity contribution in [2.24, 2.45) is 0 Å². The van der Waals surface area contributed by atoms with E-state index in [2.05, 4.69) is 27.2 Å². The monoisotopic (exact) mass is 351 g/mol. The van der Waals surface area contributed by atoms with E-state index in [1.165, 1.54) is 25.7 Å². The fourth-order valence-corrected chi connectivity index (χ4v) is 3.63. The lowest BCUT2D eigenvalue weighted by Gasteiger charge is -2.11. The number of benzene rings is 1. The molecule has 0 bridgehead atoms. The van der Waals surface area contributed by atoms with Crippen LogP contribution in [-0.4, -0.2) is 14.8 Å². The number of fused-ring (bicyclic) bond motifs is 1. The summed E-state index contributed by atoms with van der Waals surface area (Å²) < 4.78 is 2.08. The largest absolute Gasteiger partial charge is 0.378 e. The number of nitriles is 1. The van der Waals surface area contributed by atoms with Crippen molar-refractivity contribution in [3.63, 3.8) is 0 Å². The minimum Gasteiger partial charge on any atom is -0.378 e. The van der Waals surface area contributed by atoms with Gasteiger partial charge in [0.15, 0.2) is 0 Å². The Morgan fingerprint density at radius 3 is 2.92 bits per heavy atom. The van der Waals surface area contributed by atoms with Crippen molar-refractivity contribution in [1.82, 2.24) is 14.8 Å². The molecule has 0 spiro atoms. The predicted molar refractivity (Wildman–Crippen MR) is 98.5 cm³/mol. The molecule has 4 rings (SSSR count). The first-order chi connectivity index (χ1) is 12.2. The van der Waals surface area contributed by atoms with E-state index in [1.54, 1.807) is 12.3 Å². The zero-order chi connectivity index (χ0) is 17.2. The first kappa shape index (κ1) is 15.9. The molecule has 1 saturated carbocycles. The third-order valence-corrected chi connectivity index (χ3v) is 4.99. The highest BCUT2D eigenvalue weighted by Crippen LogP contribution is 2.30. The summed E-state index contributed by atoms with van der Waals surface area (Å²) in [5, 5.41) is 18.9. The maximum atomic E-state index is 9.41. The zero-order valence-electron chi connectivity index (χ0n) is 13.7. The Morgan fingerprint density at radius 2 is 2.12 bits per heavy atom. The van der Waals surface area contributed by atoms with Crippen molar-refractivity contribution in [3.8, 4) is 6.07 Å². The van der Waals surface area contributed by atoms with Crippen LogP contribution < -0.4 is 5.32 Å². The average Bonchev–Trinajstić information content (AvgIpc) is 3.30. The highest BCUT2D eigenvalue weighted by Gasteiger charge is 2.17. The number of rotatable bonds is 4. The first-order valence-electron chi connectivity index (χ1n) is 8.51. The molecule has 0 atom stereocenters. The van der Waals surface area contributed by atoms with Gasteiger partial charge in [0.2, 0.25) is 0 Å². The Kier molecular flexibility index (Phi) is 4.29. The average molecular weight is 352 g/mol. The van der Waals surface area contributed by atoms with E-state index >= 15 is 0 Å². The highest BCUT2D eigenvalue weighted by molar-refractivity contribution is 6.31. The van der Waals surface area contributed by atoms with E-state index in [1.807, 2.05) is 18.2 Å². The number of halogens is 1. The molecular weight excluding hydrogens is 334 g/mol. The standard InChI is InChI=1S/C19H18ClN5/c20-14-5-6-18-17(9-14)19(13(10-21)11-22-18)23-12-15-7-8-25(24-15)16-3-1-2-4-16/h5-9,11,16H,1-4,12H2,(H,22,23). The van der Waals surface area contributed by atoms with Gasteiger partial charge in [-0.25, -0.2) is 0 Å². The summed E-state index contributed by atoms with van der Waals surface area (Å²) in [5.41, 5.74) is 3.03. The molecule has 0 unspecified atom stereocenters. The fourth-order valence-electron chi connectivity index (χ4n) is 3.46. The molecule has 126 valence electrons. The number of hydrogen-bond donors (Lipinski definition) is 1. The van der Waals surface area contributed by atoms with Gasteiger partial charge >= 0.3 is 0 Å². The molecule has 0 amide bonds. The minimum atomic E-state index is 0.505. The van der Waals surface area contributed by atoms with E-state index < -0.39 is 0 Å². The molecule has 0 aliphatic heterocycles. The van der Waals surface area contributed by atoms with Crippen LogP contribution in [0.4, 0.5) is 5.69 Å². The summed E-state index contributed by atoms with van der Waals surface area (Å²) in [4.78, 5) is 4.32. The number of nitrogens with zero attached hydrogens (tertiary/aromatic N) is 4. The van der Waals surface area contributed by atoms with Crippen LogP contribution in [0.3, 0.4) is 0 Å². The lowest BCUT2D eigenvalue weighted by Crippen LogP contribution is -2.08. The summed E-state index contributed by atoms with van der Waals surface area (Å²) in [7, 11) is 0. The first-order valence-corrected chi connectivity index (χ1v) is 8.88. The van der Waals surface area contributed by atoms with Gasteiger partial charge in [-0.2, -0.15) is 10.4 Å². The smallest absolute Gasteiger partial charge is 0.103 e. The van der Waals surface area contributed by atoms with E-state index in [0.717, 1.165) is 22.3 Å². The molecule has 0 radical (unpaired) electrons. The molecule has 5 nitrogen and oxygen atoms in total. The van der Waals surface area contributed by atoms with Gasteiger partial charge in [0.05, 0.1) is 35.0 Å². The summed E-state index contributed by atoms with van der Waals surface area (Å²) >= 11 is 6.13. The quantitative estimate of drug-likeness (QED) is 0.740. The summed E-state index contributed by atoms with van der Waals surface area (Å²) in [6, 6.07) is 10.3. The van der Waals surface area contributed by atoms with Crippen LogP contribution in [0.25, 0.3) is 10.9 Å². The van der Waals surface area contributed by atoms with Gasteiger partial charge in [0.25, 0.3) is 0 Å². The fraction of sp³-hybridized carbons (Fsp3) is 0.316. The second-order valence-electron chi connectivity index (χ2n) is 6.40. The van der Waals surface area contributed by atoms with Gasteiger partial charge in [-0.05, 0) is 37.1 Å². The Bertz CT molecular complexity index is 950. The third-order valence-electron chi connectivity index (χ3n) is 4.76. The minimum absolute atomic E-state index is 0.505. The Morgan fingerprint density at radius 1 is 1.28 bits per heavy atom. The second-order valence-corrected chi connectivity index (χ2v) is 6.84. The number of pyridine rings is 1. The van der Waals surface area contributed by atoms with Crippen molar-refractivity contribution in [3.05, 3.63) is 52.9 Å². The molecule has 6 heteroatoms. The molecule has 0 saturated heterocycles. The van der Waals surface area contributed by atoms with E-state index in [-0.39, 0.29) is 0 Å². The molecule has 3 aromatic rings. The van der Waals surface area contributed by atoms with E-state index in [0.29, 0.717) is 23.2 Å². The van der Waals surface area contributed by atoms with Crippen molar-refractivity contribution in [2.75, 3.05) is 5.32 Å². The van der Waals surface area contributed by atoms with Crippen LogP contribution in [0, 0.1) is 11.3 Å². The SMILES string of the molecule is N#Cc1cnc2ccc(Cl)cc2c1NCc1ccn(C2CCCC2)n1. The topological polar surface area (TPSA) is 66.5 Å². The predicted octanol–water partition coefficient (Wildman–Crippen LogP) is 4.68. The number of hydrogen-bond acceptors (Lipinski definition) is 4. The lowest BCUT2D eigenvalue weighted by molar-refractivity contribution is 0.463. The van der Waals surface area contributed by atoms with Crippen LogP contribution in [0.2, 0.25) is 5.02 Å². The molecule has 25 heavy (non-hydrogen) atoms. The maximum absolute atomic E-state index is 9.41. The maximum Gasteiger partial charge on any atom is 0.103 e. The third kappa shape index (κ3) is 3.18. The van der Waals surface area contributed by atoms with Crippen LogP contribution in [-0.2, 0) is 6.54 Å². The lowest BCUT2D eigenvalue weighted by atomic mass is 10.1. The van der Waals surface area contributed by atoms with E-state index in [4.69, 9.17) is 16.7 Å². The number of aromatic nitrogens is 3. The van der Waals surface area contributed by atoms with Gasteiger partial charge in [0, 0.05) is 22.8 Å². The number of nitrogens with one attached hydrogen (secondary N) is 1. The molecule has 1 aliphatic carbocycles. The Labute approximate surface area is 151 Å². The van der Waals surface area contributed by atoms with Crippen LogP contribution in [0.5, 0.6) is 0 Å². The highest BCUT2D eigenvalue weighted by atomic mass is 35.5. The molecule has 2 heterocycles. The summed E-state index contributed by atoms with van der Waals surface area (Å²) in [6.45, 7) is 0.556. The van der Waals surface area contributed by atoms with Crippen LogP contribution in [0.15, 0.2) is 36.7 Å². The Hall–Kier alpha value is -2.58. The zero-order valence-corrected chi connectivity index (χ0v) is 14.5. The van der Waals surface area contributed by atoms with Gasteiger partial charge in [0.1, 0.15) is 6.07 Å². The molecule has 1 aliphatic rings. The van der Waals surface area contributed by atoms with Crippen LogP contribution >= 0.6 is 11.6 Å². The second kappa shape index (κ2) is 6.73. The van der Waals surface area contributed by atoms with Crippen LogP contribution in [0.1, 0.15) is 43.0 Å². The normalized spacial score (nSPS) is 14.7. The van der Waals surface area contributed by atoms with Gasteiger partial charge in [-0.1, -0.05) is 24.4 Å². The van der Waals surface area contributed by atoms with E-state index in [9.17, 15) is 5.26 Å². The molecule has 2 aromatic heterocycles. The van der Waals surface area contributed by atoms with Crippen molar-refractivity contribution in [1.29, 1.82) is 5.26 Å². The molecular formula is C19H18ClN5.